The Bertz CT molecular complexity index is 698. The first-order chi connectivity index (χ1) is 9.45. The molecular weight excluding hydrogens is 246 g/mol. The van der Waals surface area contributed by atoms with Crippen LogP contribution in [-0.2, 0) is 5.41 Å². The molecule has 0 amide bonds. The Morgan fingerprint density at radius 1 is 1.30 bits per heavy atom. The number of aromatic amines is 1. The van der Waals surface area contributed by atoms with Gasteiger partial charge in [0.05, 0.1) is 5.69 Å². The third-order valence-corrected chi connectivity index (χ3v) is 6.09. The van der Waals surface area contributed by atoms with Crippen LogP contribution in [0.4, 0.5) is 0 Å². The van der Waals surface area contributed by atoms with Crippen LogP contribution in [0.5, 0.6) is 0 Å². The summed E-state index contributed by atoms with van der Waals surface area (Å²) in [7, 11) is 0. The molecule has 2 aliphatic rings. The van der Waals surface area contributed by atoms with E-state index in [4.69, 9.17) is 0 Å². The van der Waals surface area contributed by atoms with Gasteiger partial charge in [0.15, 0.2) is 0 Å². The molecule has 1 N–H and O–H groups in total. The van der Waals surface area contributed by atoms with E-state index >= 15 is 0 Å². The quantitative estimate of drug-likeness (QED) is 0.849. The van der Waals surface area contributed by atoms with Gasteiger partial charge in [-0.1, -0.05) is 20.8 Å². The number of rotatable bonds is 1. The maximum Gasteiger partial charge on any atom is 0.114 e. The molecule has 2 heterocycles. The van der Waals surface area contributed by atoms with E-state index in [9.17, 15) is 0 Å². The van der Waals surface area contributed by atoms with E-state index < -0.39 is 0 Å². The zero-order valence-corrected chi connectivity index (χ0v) is 12.6. The summed E-state index contributed by atoms with van der Waals surface area (Å²) in [4.78, 5) is 4.53. The average molecular weight is 267 g/mol. The van der Waals surface area contributed by atoms with Crippen molar-refractivity contribution in [3.63, 3.8) is 0 Å². The van der Waals surface area contributed by atoms with Crippen LogP contribution >= 0.6 is 0 Å². The highest BCUT2D eigenvalue weighted by Gasteiger charge is 2.61. The number of aryl methyl sites for hydroxylation is 1. The first-order valence-electron chi connectivity index (χ1n) is 7.47. The highest BCUT2D eigenvalue weighted by Crippen LogP contribution is 2.68. The zero-order valence-electron chi connectivity index (χ0n) is 12.6. The van der Waals surface area contributed by atoms with Crippen molar-refractivity contribution in [3.05, 3.63) is 35.2 Å². The van der Waals surface area contributed by atoms with Crippen molar-refractivity contribution >= 4 is 0 Å². The summed E-state index contributed by atoms with van der Waals surface area (Å²) >= 11 is 0. The first-order valence-corrected chi connectivity index (χ1v) is 7.47. The van der Waals surface area contributed by atoms with Crippen molar-refractivity contribution in [2.75, 3.05) is 0 Å². The van der Waals surface area contributed by atoms with Crippen LogP contribution in [0.1, 0.15) is 56.4 Å². The third kappa shape index (κ3) is 1.22. The molecule has 0 aromatic carbocycles. The molecule has 2 unspecified atom stereocenters. The Kier molecular flexibility index (Phi) is 2.13. The van der Waals surface area contributed by atoms with Gasteiger partial charge in [-0.15, -0.1) is 0 Å². The van der Waals surface area contributed by atoms with Crippen molar-refractivity contribution in [2.24, 2.45) is 5.41 Å². The lowest BCUT2D eigenvalue weighted by molar-refractivity contribution is 0.225. The van der Waals surface area contributed by atoms with Gasteiger partial charge in [-0.25, -0.2) is 0 Å². The van der Waals surface area contributed by atoms with E-state index in [2.05, 4.69) is 48.9 Å². The fraction of sp³-hybridized carbons (Fsp3) is 0.529. The number of nitrogens with zero attached hydrogens (tertiary/aromatic N) is 2. The van der Waals surface area contributed by atoms with E-state index in [1.807, 2.05) is 12.3 Å². The lowest BCUT2D eigenvalue weighted by atomic mass is 9.70. The summed E-state index contributed by atoms with van der Waals surface area (Å²) in [6.45, 7) is 9.32. The smallest absolute Gasteiger partial charge is 0.114 e. The van der Waals surface area contributed by atoms with Gasteiger partial charge < -0.3 is 0 Å². The van der Waals surface area contributed by atoms with Gasteiger partial charge in [-0.3, -0.25) is 10.1 Å². The highest BCUT2D eigenvalue weighted by molar-refractivity contribution is 5.66. The third-order valence-electron chi connectivity index (χ3n) is 6.09. The molecule has 0 aliphatic heterocycles. The van der Waals surface area contributed by atoms with Crippen molar-refractivity contribution in [2.45, 2.75) is 51.9 Å². The van der Waals surface area contributed by atoms with Gasteiger partial charge in [0, 0.05) is 22.9 Å². The normalized spacial score (nSPS) is 29.7. The summed E-state index contributed by atoms with van der Waals surface area (Å²) in [6.07, 6.45) is 4.42. The molecule has 2 atom stereocenters. The van der Waals surface area contributed by atoms with Gasteiger partial charge in [0.25, 0.3) is 0 Å². The monoisotopic (exact) mass is 267 g/mol. The molecule has 1 fully saturated rings. The number of H-pyrrole nitrogens is 1. The second-order valence-corrected chi connectivity index (χ2v) is 7.22. The average Bonchev–Trinajstić information content (AvgIpc) is 2.96. The van der Waals surface area contributed by atoms with Crippen LogP contribution in [0.25, 0.3) is 11.4 Å². The number of hydrogen-bond acceptors (Lipinski definition) is 2. The maximum absolute atomic E-state index is 4.61. The molecule has 20 heavy (non-hydrogen) atoms. The number of aromatic nitrogens is 3. The largest absolute Gasteiger partial charge is 0.281 e. The summed E-state index contributed by atoms with van der Waals surface area (Å²) in [5.41, 5.74) is 6.66. The Hall–Kier alpha value is -1.64. The van der Waals surface area contributed by atoms with E-state index in [-0.39, 0.29) is 5.41 Å². The molecule has 2 aliphatic carbocycles. The van der Waals surface area contributed by atoms with Crippen LogP contribution in [-0.4, -0.2) is 15.2 Å². The molecule has 2 aromatic heterocycles. The summed E-state index contributed by atoms with van der Waals surface area (Å²) in [5, 5.41) is 7.95. The van der Waals surface area contributed by atoms with E-state index in [1.54, 1.807) is 0 Å². The molecule has 3 heteroatoms. The summed E-state index contributed by atoms with van der Waals surface area (Å²) in [5.74, 6) is 0.610. The van der Waals surface area contributed by atoms with Crippen molar-refractivity contribution < 1.29 is 0 Å². The number of hydrogen-bond donors (Lipinski definition) is 1. The molecular formula is C17H21N3. The Labute approximate surface area is 119 Å². The molecule has 104 valence electrons. The number of nitrogens with one attached hydrogen (secondary N) is 1. The summed E-state index contributed by atoms with van der Waals surface area (Å²) < 4.78 is 0. The molecule has 1 saturated carbocycles. The first kappa shape index (κ1) is 12.1. The van der Waals surface area contributed by atoms with Crippen molar-refractivity contribution in [1.82, 2.24) is 15.2 Å². The standard InChI is InChI=1S/C17H21N3/c1-10-6-8-18-12(9-10)14-13-11-5-7-17(4,16(11,2)3)15(13)20-19-14/h6,8-9,11H,5,7H2,1-4H3,(H,19,20). The predicted octanol–water partition coefficient (Wildman–Crippen LogP) is 3.96. The maximum atomic E-state index is 4.61. The van der Waals surface area contributed by atoms with Gasteiger partial charge in [-0.05, 0) is 48.8 Å². The van der Waals surface area contributed by atoms with Gasteiger partial charge in [0.1, 0.15) is 5.69 Å². The van der Waals surface area contributed by atoms with E-state index in [0.717, 1.165) is 11.4 Å². The van der Waals surface area contributed by atoms with Crippen LogP contribution in [0, 0.1) is 12.3 Å². The molecule has 4 rings (SSSR count). The molecule has 0 radical (unpaired) electrons. The molecule has 0 spiro atoms. The minimum Gasteiger partial charge on any atom is -0.281 e. The van der Waals surface area contributed by atoms with Crippen LogP contribution in [0.3, 0.4) is 0 Å². The van der Waals surface area contributed by atoms with Crippen LogP contribution in [0.2, 0.25) is 0 Å². The molecule has 3 nitrogen and oxygen atoms in total. The molecule has 2 bridgehead atoms. The minimum atomic E-state index is 0.238. The topological polar surface area (TPSA) is 41.6 Å². The van der Waals surface area contributed by atoms with Gasteiger partial charge in [0.2, 0.25) is 0 Å². The Balaban J connectivity index is 1.94. The highest BCUT2D eigenvalue weighted by atomic mass is 15.1. The Morgan fingerprint density at radius 2 is 2.10 bits per heavy atom. The zero-order chi connectivity index (χ0) is 14.1. The van der Waals surface area contributed by atoms with Crippen molar-refractivity contribution in [3.8, 4) is 11.4 Å². The molecule has 0 saturated heterocycles. The second-order valence-electron chi connectivity index (χ2n) is 7.22. The lowest BCUT2D eigenvalue weighted by Crippen LogP contribution is -2.32. The Morgan fingerprint density at radius 3 is 2.85 bits per heavy atom. The van der Waals surface area contributed by atoms with Gasteiger partial charge in [-0.2, -0.15) is 5.10 Å². The fourth-order valence-electron chi connectivity index (χ4n) is 4.42. The van der Waals surface area contributed by atoms with E-state index in [1.165, 1.54) is 29.7 Å². The van der Waals surface area contributed by atoms with Crippen molar-refractivity contribution in [1.29, 1.82) is 0 Å². The minimum absolute atomic E-state index is 0.238. The SMILES string of the molecule is Cc1ccnc(-c2n[nH]c3c2C2CCC3(C)C2(C)C)c1. The second kappa shape index (κ2) is 3.51. The van der Waals surface area contributed by atoms with E-state index in [0.29, 0.717) is 11.3 Å². The molecule has 2 aromatic rings. The van der Waals surface area contributed by atoms with Gasteiger partial charge >= 0.3 is 0 Å². The summed E-state index contributed by atoms with van der Waals surface area (Å²) in [6, 6.07) is 4.17. The van der Waals surface area contributed by atoms with Crippen LogP contribution < -0.4 is 0 Å². The number of fused-ring (bicyclic) bond motifs is 5. The lowest BCUT2D eigenvalue weighted by Gasteiger charge is -2.34. The predicted molar refractivity (Wildman–Crippen MR) is 79.7 cm³/mol. The fourth-order valence-corrected chi connectivity index (χ4v) is 4.42. The van der Waals surface area contributed by atoms with Crippen LogP contribution in [0.15, 0.2) is 18.3 Å². The number of pyridine rings is 1.